The lowest BCUT2D eigenvalue weighted by molar-refractivity contribution is -0.132. The highest BCUT2D eigenvalue weighted by Crippen LogP contribution is 2.39. The number of furan rings is 1. The molecular formula is C50H38Cl3N7O8. The molecule has 3 heterocycles. The van der Waals surface area contributed by atoms with Crippen molar-refractivity contribution in [3.05, 3.63) is 182 Å². The number of anilines is 2. The third-order valence-corrected chi connectivity index (χ3v) is 10.8. The standard InChI is InChI=1S/C33H27Cl3N6O5.C17H11NO3/c1-18-7-12-27(19(2)13-18)47-17-28(43)37-23-6-4-5-20(14-23)32(44)38-31-29(40-39-22-8-10-24(46-3)11-9-22)33(45)42(41-31)30-25(35)15-21(34)16-26(30)36;1-11-4-6-12(7-5-11)16-14(10-18)17(19)21-15(16)9-13-3-2-8-20-13/h4-16,29H,17H2,1-3H3,(H,37,43)(H,38,41,44);2-9H,1H3. The van der Waals surface area contributed by atoms with Crippen molar-refractivity contribution in [3.63, 3.8) is 0 Å². The van der Waals surface area contributed by atoms with Crippen LogP contribution in [0.4, 0.5) is 17.1 Å². The van der Waals surface area contributed by atoms with Crippen LogP contribution in [0.2, 0.25) is 15.1 Å². The second-order valence-electron chi connectivity index (χ2n) is 15.0. The molecule has 68 heavy (non-hydrogen) atoms. The van der Waals surface area contributed by atoms with E-state index < -0.39 is 29.7 Å². The van der Waals surface area contributed by atoms with Gasteiger partial charge < -0.3 is 29.3 Å². The molecule has 1 unspecified atom stereocenters. The SMILES string of the molecule is COc1ccc(N=NC2C(=O)N(c3c(Cl)cc(Cl)cc3Cl)N=C2NC(=O)c2cccc(NC(=O)COc3ccc(C)cc3C)c2)cc1.Cc1ccc(C2=C(C#N)C(=O)OC2=Cc2ccco2)cc1. The van der Waals surface area contributed by atoms with Gasteiger partial charge in [0.1, 0.15) is 40.3 Å². The maximum absolute atomic E-state index is 13.6. The monoisotopic (exact) mass is 969 g/mol. The molecule has 2 aliphatic heterocycles. The lowest BCUT2D eigenvalue weighted by Crippen LogP contribution is -2.39. The highest BCUT2D eigenvalue weighted by atomic mass is 35.5. The predicted molar refractivity (Wildman–Crippen MR) is 258 cm³/mol. The van der Waals surface area contributed by atoms with Crippen LogP contribution in [-0.2, 0) is 19.1 Å². The van der Waals surface area contributed by atoms with Gasteiger partial charge in [-0.3, -0.25) is 14.4 Å². The first-order valence-corrected chi connectivity index (χ1v) is 21.6. The Kier molecular flexibility index (Phi) is 15.2. The fourth-order valence-electron chi connectivity index (χ4n) is 6.68. The Bertz CT molecular complexity index is 3070. The number of carbonyl (C=O) groups excluding carboxylic acids is 4. The second-order valence-corrected chi connectivity index (χ2v) is 16.2. The van der Waals surface area contributed by atoms with Gasteiger partial charge in [0, 0.05) is 27.9 Å². The minimum Gasteiger partial charge on any atom is -0.497 e. The maximum atomic E-state index is 13.6. The summed E-state index contributed by atoms with van der Waals surface area (Å²) < 4.78 is 21.3. The van der Waals surface area contributed by atoms with Gasteiger partial charge >= 0.3 is 5.97 Å². The number of nitriles is 1. The van der Waals surface area contributed by atoms with Crippen molar-refractivity contribution in [2.45, 2.75) is 26.8 Å². The van der Waals surface area contributed by atoms with Crippen LogP contribution in [0.3, 0.4) is 0 Å². The first-order valence-electron chi connectivity index (χ1n) is 20.4. The van der Waals surface area contributed by atoms with Crippen LogP contribution in [-0.4, -0.2) is 49.3 Å². The number of allylic oxidation sites excluding steroid dienone is 1. The highest BCUT2D eigenvalue weighted by Gasteiger charge is 2.40. The number of amides is 3. The highest BCUT2D eigenvalue weighted by molar-refractivity contribution is 6.43. The number of hydrazone groups is 1. The molecule has 0 radical (unpaired) electrons. The molecule has 0 bridgehead atoms. The van der Waals surface area contributed by atoms with E-state index in [1.54, 1.807) is 60.7 Å². The van der Waals surface area contributed by atoms with E-state index in [1.165, 1.54) is 37.6 Å². The van der Waals surface area contributed by atoms with Crippen LogP contribution in [0, 0.1) is 32.1 Å². The van der Waals surface area contributed by atoms with Gasteiger partial charge in [-0.05, 0) is 105 Å². The normalized spacial score (nSPS) is 14.9. The molecular weight excluding hydrogens is 933 g/mol. The molecule has 15 nitrogen and oxygen atoms in total. The fraction of sp³-hybridized carbons (Fsp3) is 0.120. The lowest BCUT2D eigenvalue weighted by Gasteiger charge is -2.15. The summed E-state index contributed by atoms with van der Waals surface area (Å²) in [6.45, 7) is 5.61. The third kappa shape index (κ3) is 11.5. The Morgan fingerprint density at radius 2 is 1.60 bits per heavy atom. The van der Waals surface area contributed by atoms with E-state index in [0.29, 0.717) is 40.0 Å². The molecule has 18 heteroatoms. The average molecular weight is 971 g/mol. The molecule has 5 aromatic carbocycles. The minimum absolute atomic E-state index is 0.0108. The first-order chi connectivity index (χ1) is 32.7. The molecule has 0 saturated carbocycles. The fourth-order valence-corrected chi connectivity index (χ4v) is 7.66. The van der Waals surface area contributed by atoms with Crippen molar-refractivity contribution in [2.75, 3.05) is 24.0 Å². The van der Waals surface area contributed by atoms with Crippen molar-refractivity contribution in [3.8, 4) is 17.6 Å². The summed E-state index contributed by atoms with van der Waals surface area (Å²) in [4.78, 5) is 51.5. The van der Waals surface area contributed by atoms with Crippen molar-refractivity contribution in [1.82, 2.24) is 5.32 Å². The topological polar surface area (TPSA) is 197 Å². The molecule has 1 atom stereocenters. The number of nitrogens with zero attached hydrogens (tertiary/aromatic N) is 5. The number of azo groups is 1. The van der Waals surface area contributed by atoms with Gasteiger partial charge in [0.05, 0.1) is 29.1 Å². The van der Waals surface area contributed by atoms with Crippen LogP contribution in [0.1, 0.15) is 38.4 Å². The number of nitrogens with one attached hydrogen (secondary N) is 2. The zero-order valence-electron chi connectivity index (χ0n) is 36.5. The number of methoxy groups -OCH3 is 1. The summed E-state index contributed by atoms with van der Waals surface area (Å²) in [7, 11) is 1.53. The molecule has 342 valence electrons. The Morgan fingerprint density at radius 3 is 2.26 bits per heavy atom. The van der Waals surface area contributed by atoms with Gasteiger partial charge in [-0.1, -0.05) is 88.4 Å². The number of cyclic esters (lactones) is 1. The molecule has 3 amide bonds. The summed E-state index contributed by atoms with van der Waals surface area (Å²) in [5.74, 6) is -0.383. The van der Waals surface area contributed by atoms with E-state index >= 15 is 0 Å². The van der Waals surface area contributed by atoms with Gasteiger partial charge in [-0.25, -0.2) is 4.79 Å². The summed E-state index contributed by atoms with van der Waals surface area (Å²) >= 11 is 18.8. The molecule has 6 aromatic rings. The number of rotatable bonds is 11. The summed E-state index contributed by atoms with van der Waals surface area (Å²) in [5, 5.41) is 28.6. The van der Waals surface area contributed by atoms with Crippen LogP contribution in [0.15, 0.2) is 153 Å². The van der Waals surface area contributed by atoms with Crippen molar-refractivity contribution in [2.24, 2.45) is 15.3 Å². The van der Waals surface area contributed by atoms with Gasteiger partial charge in [-0.2, -0.15) is 20.5 Å². The summed E-state index contributed by atoms with van der Waals surface area (Å²) in [6, 6.07) is 33.0. The molecule has 0 saturated heterocycles. The van der Waals surface area contributed by atoms with Gasteiger partial charge in [0.25, 0.3) is 17.7 Å². The van der Waals surface area contributed by atoms with Crippen molar-refractivity contribution in [1.29, 1.82) is 5.26 Å². The smallest absolute Gasteiger partial charge is 0.355 e. The van der Waals surface area contributed by atoms with Gasteiger partial charge in [0.15, 0.2) is 12.4 Å². The van der Waals surface area contributed by atoms with E-state index in [0.717, 1.165) is 27.3 Å². The maximum Gasteiger partial charge on any atom is 0.355 e. The molecule has 0 aliphatic carbocycles. The van der Waals surface area contributed by atoms with Gasteiger partial charge in [-0.15, -0.1) is 5.10 Å². The lowest BCUT2D eigenvalue weighted by atomic mass is 9.99. The predicted octanol–water partition coefficient (Wildman–Crippen LogP) is 11.0. The average Bonchev–Trinajstić information content (AvgIpc) is 4.02. The Balaban J connectivity index is 0.000000270. The zero-order chi connectivity index (χ0) is 48.5. The number of amidine groups is 1. The Morgan fingerprint density at radius 1 is 0.882 bits per heavy atom. The quantitative estimate of drug-likeness (QED) is 0.0937. The Labute approximate surface area is 404 Å². The minimum atomic E-state index is -1.35. The van der Waals surface area contributed by atoms with E-state index in [4.69, 9.17) is 53.4 Å². The zero-order valence-corrected chi connectivity index (χ0v) is 38.8. The van der Waals surface area contributed by atoms with Crippen LogP contribution in [0.25, 0.3) is 11.6 Å². The Hall–Kier alpha value is -8.03. The first kappa shape index (κ1) is 47.9. The number of esters is 1. The molecule has 0 fully saturated rings. The largest absolute Gasteiger partial charge is 0.497 e. The number of carbonyl (C=O) groups is 4. The van der Waals surface area contributed by atoms with Crippen LogP contribution < -0.4 is 25.1 Å². The van der Waals surface area contributed by atoms with Gasteiger partial charge in [0.2, 0.25) is 6.04 Å². The van der Waals surface area contributed by atoms with E-state index in [2.05, 4.69) is 26.0 Å². The number of aryl methyl sites for hydroxylation is 3. The molecule has 8 rings (SSSR count). The van der Waals surface area contributed by atoms with E-state index in [1.807, 2.05) is 63.2 Å². The number of hydrogen-bond acceptors (Lipinski definition) is 12. The molecule has 2 N–H and O–H groups in total. The molecule has 0 spiro atoms. The number of ether oxygens (including phenoxy) is 3. The molecule has 1 aromatic heterocycles. The van der Waals surface area contributed by atoms with E-state index in [9.17, 15) is 24.4 Å². The van der Waals surface area contributed by atoms with Crippen LogP contribution in [0.5, 0.6) is 11.5 Å². The summed E-state index contributed by atoms with van der Waals surface area (Å²) in [6.07, 6.45) is 3.14. The number of hydrogen-bond donors (Lipinski definition) is 2. The van der Waals surface area contributed by atoms with Crippen molar-refractivity contribution >= 4 is 93.0 Å². The third-order valence-electron chi connectivity index (χ3n) is 9.98. The van der Waals surface area contributed by atoms with Crippen molar-refractivity contribution < 1.29 is 37.8 Å². The molecule has 2 aliphatic rings. The second kappa shape index (κ2) is 21.5. The summed E-state index contributed by atoms with van der Waals surface area (Å²) in [5.41, 5.74) is 5.37. The van der Waals surface area contributed by atoms with E-state index in [-0.39, 0.29) is 44.3 Å². The van der Waals surface area contributed by atoms with Crippen LogP contribution >= 0.6 is 34.8 Å². The number of benzene rings is 5. The number of halogens is 3.